The summed E-state index contributed by atoms with van der Waals surface area (Å²) in [5.41, 5.74) is 0. The number of amides is 1. The summed E-state index contributed by atoms with van der Waals surface area (Å²) in [6.07, 6.45) is 4.69. The standard InChI is InChI=1S/C9H17NO/c1-7-4-3-5-8(6-7)9(11)10-2/h7-8H,3-6H2,1-2H3,(H,10,11)/t7-,8-/m0/s1. The molecule has 0 aromatic rings. The maximum atomic E-state index is 11.2. The van der Waals surface area contributed by atoms with E-state index in [1.54, 1.807) is 7.05 Å². The lowest BCUT2D eigenvalue weighted by atomic mass is 9.82. The van der Waals surface area contributed by atoms with Crippen molar-refractivity contribution in [3.63, 3.8) is 0 Å². The lowest BCUT2D eigenvalue weighted by Gasteiger charge is -2.24. The second kappa shape index (κ2) is 3.74. The molecule has 0 spiro atoms. The van der Waals surface area contributed by atoms with Gasteiger partial charge in [-0.2, -0.15) is 0 Å². The van der Waals surface area contributed by atoms with E-state index in [4.69, 9.17) is 0 Å². The molecule has 1 amide bonds. The Kier molecular flexibility index (Phi) is 2.92. The topological polar surface area (TPSA) is 29.1 Å². The predicted molar refractivity (Wildman–Crippen MR) is 45.2 cm³/mol. The number of carbonyl (C=O) groups is 1. The largest absolute Gasteiger partial charge is 0.359 e. The SMILES string of the molecule is CNC(=O)[C@H]1CCC[C@H](C)C1. The average Bonchev–Trinajstić information content (AvgIpc) is 2.03. The Morgan fingerprint density at radius 3 is 2.73 bits per heavy atom. The highest BCUT2D eigenvalue weighted by atomic mass is 16.1. The van der Waals surface area contributed by atoms with E-state index < -0.39 is 0 Å². The van der Waals surface area contributed by atoms with Crippen LogP contribution in [0.5, 0.6) is 0 Å². The maximum Gasteiger partial charge on any atom is 0.222 e. The molecular weight excluding hydrogens is 138 g/mol. The molecule has 0 radical (unpaired) electrons. The van der Waals surface area contributed by atoms with Crippen molar-refractivity contribution in [1.29, 1.82) is 0 Å². The molecule has 0 aliphatic heterocycles. The van der Waals surface area contributed by atoms with Crippen LogP contribution in [-0.4, -0.2) is 13.0 Å². The summed E-state index contributed by atoms with van der Waals surface area (Å²) in [7, 11) is 1.72. The van der Waals surface area contributed by atoms with E-state index in [1.165, 1.54) is 12.8 Å². The molecule has 0 unspecified atom stereocenters. The van der Waals surface area contributed by atoms with Gasteiger partial charge in [-0.3, -0.25) is 4.79 Å². The van der Waals surface area contributed by atoms with Crippen molar-refractivity contribution < 1.29 is 4.79 Å². The van der Waals surface area contributed by atoms with Crippen LogP contribution in [0.1, 0.15) is 32.6 Å². The number of nitrogens with one attached hydrogen (secondary N) is 1. The van der Waals surface area contributed by atoms with Gasteiger partial charge in [0.2, 0.25) is 5.91 Å². The van der Waals surface area contributed by atoms with Crippen molar-refractivity contribution >= 4 is 5.91 Å². The van der Waals surface area contributed by atoms with E-state index in [9.17, 15) is 4.79 Å². The number of rotatable bonds is 1. The van der Waals surface area contributed by atoms with Crippen LogP contribution >= 0.6 is 0 Å². The lowest BCUT2D eigenvalue weighted by molar-refractivity contribution is -0.125. The zero-order valence-corrected chi connectivity index (χ0v) is 7.39. The van der Waals surface area contributed by atoms with Crippen LogP contribution in [0.2, 0.25) is 0 Å². The van der Waals surface area contributed by atoms with E-state index in [0.29, 0.717) is 5.92 Å². The molecule has 64 valence electrons. The zero-order chi connectivity index (χ0) is 8.27. The zero-order valence-electron chi connectivity index (χ0n) is 7.39. The van der Waals surface area contributed by atoms with Crippen LogP contribution in [0.15, 0.2) is 0 Å². The van der Waals surface area contributed by atoms with Gasteiger partial charge in [0.1, 0.15) is 0 Å². The Morgan fingerprint density at radius 2 is 2.18 bits per heavy atom. The average molecular weight is 155 g/mol. The first-order valence-electron chi connectivity index (χ1n) is 4.45. The van der Waals surface area contributed by atoms with Crippen molar-refractivity contribution in [2.45, 2.75) is 32.6 Å². The Morgan fingerprint density at radius 1 is 1.45 bits per heavy atom. The Bertz CT molecular complexity index is 144. The van der Waals surface area contributed by atoms with Gasteiger partial charge in [0, 0.05) is 13.0 Å². The van der Waals surface area contributed by atoms with Gasteiger partial charge < -0.3 is 5.32 Å². The summed E-state index contributed by atoms with van der Waals surface area (Å²) in [6.45, 7) is 2.23. The second-order valence-corrected chi connectivity index (χ2v) is 3.58. The molecule has 1 saturated carbocycles. The molecule has 1 fully saturated rings. The fourth-order valence-corrected chi connectivity index (χ4v) is 1.88. The molecule has 11 heavy (non-hydrogen) atoms. The van der Waals surface area contributed by atoms with Gasteiger partial charge >= 0.3 is 0 Å². The summed E-state index contributed by atoms with van der Waals surface area (Å²) in [4.78, 5) is 11.2. The normalized spacial score (nSPS) is 31.5. The van der Waals surface area contributed by atoms with Crippen molar-refractivity contribution in [3.8, 4) is 0 Å². The summed E-state index contributed by atoms with van der Waals surface area (Å²) in [6, 6.07) is 0. The van der Waals surface area contributed by atoms with Crippen LogP contribution in [0.4, 0.5) is 0 Å². The molecule has 0 aromatic carbocycles. The molecule has 1 aliphatic rings. The second-order valence-electron chi connectivity index (χ2n) is 3.58. The smallest absolute Gasteiger partial charge is 0.222 e. The lowest BCUT2D eigenvalue weighted by Crippen LogP contribution is -2.30. The Balaban J connectivity index is 2.39. The fraction of sp³-hybridized carbons (Fsp3) is 0.889. The molecule has 0 bridgehead atoms. The molecule has 0 saturated heterocycles. The minimum absolute atomic E-state index is 0.233. The summed E-state index contributed by atoms with van der Waals surface area (Å²) < 4.78 is 0. The van der Waals surface area contributed by atoms with Gasteiger partial charge in [-0.1, -0.05) is 19.8 Å². The molecule has 2 nitrogen and oxygen atoms in total. The first-order chi connectivity index (χ1) is 5.24. The highest BCUT2D eigenvalue weighted by molar-refractivity contribution is 5.78. The Labute approximate surface area is 68.4 Å². The monoisotopic (exact) mass is 155 g/mol. The van der Waals surface area contributed by atoms with E-state index in [1.807, 2.05) is 0 Å². The van der Waals surface area contributed by atoms with Gasteiger partial charge in [-0.25, -0.2) is 0 Å². The van der Waals surface area contributed by atoms with Crippen LogP contribution in [0.3, 0.4) is 0 Å². The minimum Gasteiger partial charge on any atom is -0.359 e. The summed E-state index contributed by atoms with van der Waals surface area (Å²) >= 11 is 0. The third-order valence-electron chi connectivity index (χ3n) is 2.55. The van der Waals surface area contributed by atoms with Crippen LogP contribution < -0.4 is 5.32 Å². The number of carbonyl (C=O) groups excluding carboxylic acids is 1. The third-order valence-corrected chi connectivity index (χ3v) is 2.55. The summed E-state index contributed by atoms with van der Waals surface area (Å²) in [5.74, 6) is 1.27. The Hall–Kier alpha value is -0.530. The van der Waals surface area contributed by atoms with E-state index >= 15 is 0 Å². The quantitative estimate of drug-likeness (QED) is 0.611. The molecule has 0 aromatic heterocycles. The van der Waals surface area contributed by atoms with E-state index in [-0.39, 0.29) is 5.91 Å². The fourth-order valence-electron chi connectivity index (χ4n) is 1.88. The minimum atomic E-state index is 0.233. The first-order valence-corrected chi connectivity index (χ1v) is 4.45. The number of hydrogen-bond donors (Lipinski definition) is 1. The number of hydrogen-bond acceptors (Lipinski definition) is 1. The van der Waals surface area contributed by atoms with E-state index in [0.717, 1.165) is 18.8 Å². The molecule has 2 atom stereocenters. The predicted octanol–water partition coefficient (Wildman–Crippen LogP) is 1.56. The van der Waals surface area contributed by atoms with Crippen molar-refractivity contribution in [2.24, 2.45) is 11.8 Å². The highest BCUT2D eigenvalue weighted by Crippen LogP contribution is 2.28. The molecular formula is C9H17NO. The molecule has 1 N–H and O–H groups in total. The van der Waals surface area contributed by atoms with Crippen LogP contribution in [0.25, 0.3) is 0 Å². The first kappa shape index (κ1) is 8.57. The van der Waals surface area contributed by atoms with E-state index in [2.05, 4.69) is 12.2 Å². The maximum absolute atomic E-state index is 11.2. The molecule has 0 heterocycles. The third kappa shape index (κ3) is 2.21. The van der Waals surface area contributed by atoms with Gasteiger partial charge in [0.05, 0.1) is 0 Å². The molecule has 1 rings (SSSR count). The molecule has 2 heteroatoms. The van der Waals surface area contributed by atoms with Gasteiger partial charge in [-0.15, -0.1) is 0 Å². The highest BCUT2D eigenvalue weighted by Gasteiger charge is 2.23. The van der Waals surface area contributed by atoms with Crippen LogP contribution in [-0.2, 0) is 4.79 Å². The van der Waals surface area contributed by atoms with Crippen LogP contribution in [0, 0.1) is 11.8 Å². The van der Waals surface area contributed by atoms with Gasteiger partial charge in [-0.05, 0) is 18.8 Å². The summed E-state index contributed by atoms with van der Waals surface area (Å²) in [5, 5.41) is 2.72. The molecule has 1 aliphatic carbocycles. The van der Waals surface area contributed by atoms with Gasteiger partial charge in [0.15, 0.2) is 0 Å². The van der Waals surface area contributed by atoms with Gasteiger partial charge in [0.25, 0.3) is 0 Å². The van der Waals surface area contributed by atoms with Crippen molar-refractivity contribution in [2.75, 3.05) is 7.05 Å². The van der Waals surface area contributed by atoms with Crippen molar-refractivity contribution in [3.05, 3.63) is 0 Å². The van der Waals surface area contributed by atoms with Crippen molar-refractivity contribution in [1.82, 2.24) is 5.32 Å².